The fourth-order valence-electron chi connectivity index (χ4n) is 2.81. The second kappa shape index (κ2) is 7.33. The minimum atomic E-state index is -0.105. The largest absolute Gasteiger partial charge is 0.507 e. The van der Waals surface area contributed by atoms with Crippen LogP contribution in [0.3, 0.4) is 0 Å². The molecule has 0 radical (unpaired) electrons. The van der Waals surface area contributed by atoms with Crippen LogP contribution in [0, 0.1) is 0 Å². The number of carbonyl (C=O) groups excluding carboxylic acids is 1. The first-order valence-electron chi connectivity index (χ1n) is 8.07. The summed E-state index contributed by atoms with van der Waals surface area (Å²) < 4.78 is 5.89. The van der Waals surface area contributed by atoms with Gasteiger partial charge in [0.1, 0.15) is 11.3 Å². The lowest BCUT2D eigenvalue weighted by atomic mass is 10.1. The molecule has 0 saturated carbocycles. The first-order valence-corrected chi connectivity index (χ1v) is 9.05. The Hall–Kier alpha value is -2.24. The van der Waals surface area contributed by atoms with Crippen molar-refractivity contribution in [3.8, 4) is 5.75 Å². The van der Waals surface area contributed by atoms with Crippen molar-refractivity contribution >= 4 is 28.5 Å². The minimum Gasteiger partial charge on any atom is -0.507 e. The van der Waals surface area contributed by atoms with Crippen LogP contribution in [0.25, 0.3) is 11.0 Å². The highest BCUT2D eigenvalue weighted by Gasteiger charge is 2.23. The van der Waals surface area contributed by atoms with E-state index >= 15 is 0 Å². The van der Waals surface area contributed by atoms with Gasteiger partial charge in [0.05, 0.1) is 10.9 Å². The molecule has 4 nitrogen and oxygen atoms in total. The normalized spacial score (nSPS) is 11.4. The summed E-state index contributed by atoms with van der Waals surface area (Å²) in [7, 11) is 3.87. The molecule has 25 heavy (non-hydrogen) atoms. The van der Waals surface area contributed by atoms with Crippen LogP contribution in [0.5, 0.6) is 5.75 Å². The molecule has 130 valence electrons. The van der Waals surface area contributed by atoms with Crippen molar-refractivity contribution in [3.05, 3.63) is 59.2 Å². The van der Waals surface area contributed by atoms with Crippen LogP contribution in [0.4, 0.5) is 0 Å². The molecule has 0 fully saturated rings. The Morgan fingerprint density at radius 3 is 2.52 bits per heavy atom. The molecule has 2 aromatic carbocycles. The smallest absolute Gasteiger partial charge is 0.172 e. The highest BCUT2D eigenvalue weighted by molar-refractivity contribution is 7.98. The fourth-order valence-corrected chi connectivity index (χ4v) is 3.84. The Bertz CT molecular complexity index is 900. The predicted octanol–water partition coefficient (Wildman–Crippen LogP) is 4.69. The van der Waals surface area contributed by atoms with Gasteiger partial charge in [0, 0.05) is 17.9 Å². The Kier molecular flexibility index (Phi) is 5.16. The number of hydrogen-bond donors (Lipinski definition) is 1. The number of hydrogen-bond acceptors (Lipinski definition) is 5. The van der Waals surface area contributed by atoms with E-state index in [0.717, 1.165) is 11.1 Å². The molecule has 0 aliphatic rings. The van der Waals surface area contributed by atoms with Gasteiger partial charge >= 0.3 is 0 Å². The Labute approximate surface area is 151 Å². The number of phenolic OH excluding ortho intramolecular Hbond substituents is 1. The van der Waals surface area contributed by atoms with Gasteiger partial charge in [-0.05, 0) is 32.6 Å². The molecule has 0 amide bonds. The first-order chi connectivity index (χ1) is 12.0. The number of ketones is 1. The number of benzene rings is 2. The van der Waals surface area contributed by atoms with E-state index < -0.39 is 0 Å². The second-order valence-corrected chi connectivity index (χ2v) is 7.23. The maximum Gasteiger partial charge on any atom is 0.172 e. The average Bonchev–Trinajstić information content (AvgIpc) is 2.96. The molecular weight excluding hydrogens is 334 g/mol. The molecule has 1 aromatic heterocycles. The van der Waals surface area contributed by atoms with E-state index in [4.69, 9.17) is 4.42 Å². The number of fused-ring (bicyclic) bond motifs is 1. The van der Waals surface area contributed by atoms with E-state index in [1.807, 2.05) is 61.5 Å². The Balaban J connectivity index is 2.02. The van der Waals surface area contributed by atoms with Crippen molar-refractivity contribution in [2.75, 3.05) is 14.1 Å². The number of furan rings is 1. The van der Waals surface area contributed by atoms with Gasteiger partial charge in [-0.25, -0.2) is 0 Å². The number of carbonyl (C=O) groups is 1. The molecule has 0 atom stereocenters. The van der Waals surface area contributed by atoms with Crippen LogP contribution < -0.4 is 0 Å². The molecule has 0 unspecified atom stereocenters. The summed E-state index contributed by atoms with van der Waals surface area (Å²) in [5, 5.41) is 11.8. The molecule has 0 saturated heterocycles. The van der Waals surface area contributed by atoms with E-state index in [2.05, 4.69) is 0 Å². The first kappa shape index (κ1) is 17.6. The van der Waals surface area contributed by atoms with Gasteiger partial charge in [0.15, 0.2) is 10.9 Å². The van der Waals surface area contributed by atoms with Crippen molar-refractivity contribution in [2.45, 2.75) is 24.3 Å². The lowest BCUT2D eigenvalue weighted by molar-refractivity contribution is 0.101. The number of thioether (sulfide) groups is 1. The highest BCUT2D eigenvalue weighted by Crippen LogP contribution is 2.40. The molecule has 1 N–H and O–H groups in total. The van der Waals surface area contributed by atoms with Crippen LogP contribution in [-0.4, -0.2) is 29.9 Å². The van der Waals surface area contributed by atoms with Gasteiger partial charge in [-0.1, -0.05) is 48.2 Å². The maximum absolute atomic E-state index is 12.2. The van der Waals surface area contributed by atoms with E-state index in [1.54, 1.807) is 0 Å². The van der Waals surface area contributed by atoms with E-state index in [1.165, 1.54) is 18.7 Å². The van der Waals surface area contributed by atoms with Gasteiger partial charge in [-0.15, -0.1) is 0 Å². The van der Waals surface area contributed by atoms with Gasteiger partial charge in [-0.3, -0.25) is 4.79 Å². The number of Topliss-reactive ketones (excluding diaryl/α,β-unsaturated/α-hetero) is 1. The summed E-state index contributed by atoms with van der Waals surface area (Å²) in [6.45, 7) is 2.10. The van der Waals surface area contributed by atoms with E-state index in [-0.39, 0.29) is 11.5 Å². The molecular formula is C20H21NO3S. The molecule has 1 heterocycles. The third-order valence-electron chi connectivity index (χ3n) is 3.93. The summed E-state index contributed by atoms with van der Waals surface area (Å²) in [6.07, 6.45) is 0. The molecule has 0 bridgehead atoms. The summed E-state index contributed by atoms with van der Waals surface area (Å²) in [5.74, 6) is 0.727. The van der Waals surface area contributed by atoms with E-state index in [0.29, 0.717) is 33.9 Å². The molecule has 5 heteroatoms. The average molecular weight is 355 g/mol. The van der Waals surface area contributed by atoms with Crippen molar-refractivity contribution in [1.29, 1.82) is 0 Å². The molecule has 0 aliphatic heterocycles. The standard InChI is InChI=1S/C20H21NO3S/c1-13(22)17-18-16(10-9-15(19(18)23)11-21(2)3)24-20(17)25-12-14-7-5-4-6-8-14/h4-10,23H,11-12H2,1-3H3. The fraction of sp³-hybridized carbons (Fsp3) is 0.250. The van der Waals surface area contributed by atoms with E-state index in [9.17, 15) is 9.90 Å². The Morgan fingerprint density at radius 2 is 1.88 bits per heavy atom. The molecule has 0 spiro atoms. The van der Waals surface area contributed by atoms with Crippen LogP contribution in [-0.2, 0) is 12.3 Å². The monoisotopic (exact) mass is 355 g/mol. The third kappa shape index (κ3) is 3.72. The van der Waals surface area contributed by atoms with Crippen LogP contribution in [0.1, 0.15) is 28.4 Å². The zero-order chi connectivity index (χ0) is 18.0. The van der Waals surface area contributed by atoms with Crippen LogP contribution in [0.2, 0.25) is 0 Å². The number of phenols is 1. The van der Waals surface area contributed by atoms with Crippen molar-refractivity contribution in [2.24, 2.45) is 0 Å². The zero-order valence-corrected chi connectivity index (χ0v) is 15.4. The number of nitrogens with zero attached hydrogens (tertiary/aromatic N) is 1. The summed E-state index contributed by atoms with van der Waals surface area (Å²) in [5.41, 5.74) is 2.94. The van der Waals surface area contributed by atoms with Crippen molar-refractivity contribution in [1.82, 2.24) is 4.90 Å². The SMILES string of the molecule is CC(=O)c1c(SCc2ccccc2)oc2ccc(CN(C)C)c(O)c12. The molecule has 0 aliphatic carbocycles. The van der Waals surface area contributed by atoms with Crippen molar-refractivity contribution < 1.29 is 14.3 Å². The summed E-state index contributed by atoms with van der Waals surface area (Å²) in [6, 6.07) is 13.7. The lowest BCUT2D eigenvalue weighted by Crippen LogP contribution is -2.10. The zero-order valence-electron chi connectivity index (χ0n) is 14.6. The highest BCUT2D eigenvalue weighted by atomic mass is 32.2. The van der Waals surface area contributed by atoms with Gasteiger partial charge in [-0.2, -0.15) is 0 Å². The topological polar surface area (TPSA) is 53.7 Å². The lowest BCUT2D eigenvalue weighted by Gasteiger charge is -2.11. The molecule has 3 aromatic rings. The van der Waals surface area contributed by atoms with Crippen molar-refractivity contribution in [3.63, 3.8) is 0 Å². The summed E-state index contributed by atoms with van der Waals surface area (Å²) in [4.78, 5) is 14.2. The van der Waals surface area contributed by atoms with Gasteiger partial charge in [0.25, 0.3) is 0 Å². The Morgan fingerprint density at radius 1 is 1.16 bits per heavy atom. The molecule has 3 rings (SSSR count). The third-order valence-corrected chi connectivity index (χ3v) is 4.96. The van der Waals surface area contributed by atoms with Crippen LogP contribution in [0.15, 0.2) is 52.0 Å². The number of rotatable bonds is 6. The number of aromatic hydroxyl groups is 1. The predicted molar refractivity (Wildman–Crippen MR) is 101 cm³/mol. The van der Waals surface area contributed by atoms with Gasteiger partial charge in [0.2, 0.25) is 0 Å². The minimum absolute atomic E-state index is 0.105. The van der Waals surface area contributed by atoms with Gasteiger partial charge < -0.3 is 14.4 Å². The quantitative estimate of drug-likeness (QED) is 0.513. The maximum atomic E-state index is 12.2. The van der Waals surface area contributed by atoms with Crippen LogP contribution >= 0.6 is 11.8 Å². The second-order valence-electron chi connectivity index (χ2n) is 6.28. The summed E-state index contributed by atoms with van der Waals surface area (Å²) >= 11 is 1.47.